The number of H-pyrrole nitrogens is 1. The number of nitrogens with zero attached hydrogens (tertiary/aromatic N) is 3. The monoisotopic (exact) mass is 286 g/mol. The lowest BCUT2D eigenvalue weighted by atomic mass is 10.2. The van der Waals surface area contributed by atoms with Gasteiger partial charge in [0.1, 0.15) is 11.9 Å². The Labute approximate surface area is 112 Å². The molecule has 1 atom stereocenters. The van der Waals surface area contributed by atoms with Gasteiger partial charge in [-0.25, -0.2) is 13.4 Å². The van der Waals surface area contributed by atoms with Crippen molar-refractivity contribution in [2.45, 2.75) is 25.4 Å². The van der Waals surface area contributed by atoms with Crippen LogP contribution < -0.4 is 0 Å². The van der Waals surface area contributed by atoms with Gasteiger partial charge < -0.3 is 9.88 Å². The maximum Gasteiger partial charge on any atom is 0.241 e. The third-order valence-corrected chi connectivity index (χ3v) is 4.52. The fourth-order valence-electron chi connectivity index (χ4n) is 2.33. The van der Waals surface area contributed by atoms with Gasteiger partial charge in [-0.05, 0) is 12.8 Å². The van der Waals surface area contributed by atoms with Gasteiger partial charge in [0.25, 0.3) is 0 Å². The van der Waals surface area contributed by atoms with Crippen molar-refractivity contribution in [3.63, 3.8) is 0 Å². The van der Waals surface area contributed by atoms with E-state index in [9.17, 15) is 13.2 Å². The van der Waals surface area contributed by atoms with E-state index in [2.05, 4.69) is 9.97 Å². The molecule has 8 heteroatoms. The number of rotatable bonds is 4. The number of amides is 1. The SMILES string of the molecule is CN(Cc1ncc[nH]1)C(=O)C1CCCN1S(C)(=O)=O. The molecule has 1 fully saturated rings. The highest BCUT2D eigenvalue weighted by Gasteiger charge is 2.37. The van der Waals surface area contributed by atoms with E-state index in [4.69, 9.17) is 0 Å². The van der Waals surface area contributed by atoms with Crippen LogP contribution in [0.5, 0.6) is 0 Å². The smallest absolute Gasteiger partial charge is 0.241 e. The highest BCUT2D eigenvalue weighted by atomic mass is 32.2. The van der Waals surface area contributed by atoms with Crippen molar-refractivity contribution in [3.8, 4) is 0 Å². The third kappa shape index (κ3) is 3.13. The summed E-state index contributed by atoms with van der Waals surface area (Å²) in [6.07, 6.45) is 5.75. The minimum absolute atomic E-state index is 0.181. The number of aromatic amines is 1. The van der Waals surface area contributed by atoms with Gasteiger partial charge in [0, 0.05) is 26.0 Å². The lowest BCUT2D eigenvalue weighted by Crippen LogP contribution is -2.46. The second kappa shape index (κ2) is 5.30. The molecule has 0 aliphatic carbocycles. The maximum absolute atomic E-state index is 12.3. The van der Waals surface area contributed by atoms with Crippen LogP contribution in [0.4, 0.5) is 0 Å². The van der Waals surface area contributed by atoms with E-state index in [1.165, 1.54) is 9.21 Å². The molecule has 0 spiro atoms. The van der Waals surface area contributed by atoms with Gasteiger partial charge in [0.05, 0.1) is 12.8 Å². The average Bonchev–Trinajstić information content (AvgIpc) is 2.96. The van der Waals surface area contributed by atoms with E-state index in [0.29, 0.717) is 25.3 Å². The highest BCUT2D eigenvalue weighted by Crippen LogP contribution is 2.22. The Kier molecular flexibility index (Phi) is 3.91. The predicted octanol–water partition coefficient (Wildman–Crippen LogP) is -0.208. The quantitative estimate of drug-likeness (QED) is 0.830. The van der Waals surface area contributed by atoms with E-state index < -0.39 is 16.1 Å². The van der Waals surface area contributed by atoms with Crippen LogP contribution in [0.25, 0.3) is 0 Å². The summed E-state index contributed by atoms with van der Waals surface area (Å²) in [6, 6.07) is -0.574. The molecule has 1 aromatic heterocycles. The van der Waals surface area contributed by atoms with E-state index in [1.807, 2.05) is 0 Å². The summed E-state index contributed by atoms with van der Waals surface area (Å²) in [7, 11) is -1.67. The molecule has 106 valence electrons. The zero-order valence-corrected chi connectivity index (χ0v) is 11.9. The molecule has 7 nitrogen and oxygen atoms in total. The second-order valence-electron chi connectivity index (χ2n) is 4.76. The van der Waals surface area contributed by atoms with Crippen LogP contribution in [0.15, 0.2) is 12.4 Å². The minimum Gasteiger partial charge on any atom is -0.347 e. The summed E-state index contributed by atoms with van der Waals surface area (Å²) in [4.78, 5) is 20.8. The number of hydrogen-bond donors (Lipinski definition) is 1. The number of aromatic nitrogens is 2. The molecule has 1 amide bonds. The van der Waals surface area contributed by atoms with Crippen LogP contribution in [0, 0.1) is 0 Å². The van der Waals surface area contributed by atoms with E-state index in [-0.39, 0.29) is 5.91 Å². The molecule has 19 heavy (non-hydrogen) atoms. The molecule has 0 bridgehead atoms. The van der Waals surface area contributed by atoms with Crippen molar-refractivity contribution in [2.75, 3.05) is 19.8 Å². The van der Waals surface area contributed by atoms with Gasteiger partial charge in [-0.3, -0.25) is 4.79 Å². The normalized spacial score (nSPS) is 20.6. The summed E-state index contributed by atoms with van der Waals surface area (Å²) in [5.74, 6) is 0.499. The molecular formula is C11H18N4O3S. The first-order chi connectivity index (χ1) is 8.89. The van der Waals surface area contributed by atoms with Crippen molar-refractivity contribution >= 4 is 15.9 Å². The van der Waals surface area contributed by atoms with Gasteiger partial charge in [0.15, 0.2) is 0 Å². The largest absolute Gasteiger partial charge is 0.347 e. The van der Waals surface area contributed by atoms with Crippen LogP contribution in [-0.2, 0) is 21.4 Å². The standard InChI is InChI=1S/C11H18N4O3S/c1-14(8-10-12-5-6-13-10)11(16)9-4-3-7-15(9)19(2,17)18/h5-6,9H,3-4,7-8H2,1-2H3,(H,12,13). The number of likely N-dealkylation sites (N-methyl/N-ethyl adjacent to an activating group) is 1. The van der Waals surface area contributed by atoms with Crippen LogP contribution in [0.1, 0.15) is 18.7 Å². The highest BCUT2D eigenvalue weighted by molar-refractivity contribution is 7.88. The zero-order chi connectivity index (χ0) is 14.0. The number of hydrogen-bond acceptors (Lipinski definition) is 4. The first kappa shape index (κ1) is 14.0. The number of nitrogens with one attached hydrogen (secondary N) is 1. The summed E-state index contributed by atoms with van der Waals surface area (Å²) >= 11 is 0. The van der Waals surface area contributed by atoms with Crippen LogP contribution >= 0.6 is 0 Å². The average molecular weight is 286 g/mol. The Morgan fingerprint density at radius 3 is 2.95 bits per heavy atom. The van der Waals surface area contributed by atoms with Gasteiger partial charge in [-0.1, -0.05) is 0 Å². The first-order valence-electron chi connectivity index (χ1n) is 6.09. The number of sulfonamides is 1. The van der Waals surface area contributed by atoms with Crippen LogP contribution in [-0.4, -0.2) is 59.4 Å². The molecule has 1 saturated heterocycles. The Morgan fingerprint density at radius 2 is 2.37 bits per heavy atom. The Balaban J connectivity index is 2.06. The van der Waals surface area contributed by atoms with Crippen molar-refractivity contribution in [1.82, 2.24) is 19.2 Å². The first-order valence-corrected chi connectivity index (χ1v) is 7.94. The molecule has 1 aromatic rings. The number of imidazole rings is 1. The maximum atomic E-state index is 12.3. The fraction of sp³-hybridized carbons (Fsp3) is 0.636. The zero-order valence-electron chi connectivity index (χ0n) is 11.0. The summed E-state index contributed by atoms with van der Waals surface area (Å²) in [5.41, 5.74) is 0. The predicted molar refractivity (Wildman–Crippen MR) is 69.6 cm³/mol. The van der Waals surface area contributed by atoms with Crippen molar-refractivity contribution in [2.24, 2.45) is 0 Å². The van der Waals surface area contributed by atoms with Gasteiger partial charge in [-0.2, -0.15) is 4.31 Å². The molecule has 2 heterocycles. The number of carbonyl (C=O) groups excluding carboxylic acids is 1. The van der Waals surface area contributed by atoms with E-state index in [1.54, 1.807) is 19.4 Å². The van der Waals surface area contributed by atoms with E-state index in [0.717, 1.165) is 12.7 Å². The molecule has 1 N–H and O–H groups in total. The number of carbonyl (C=O) groups is 1. The van der Waals surface area contributed by atoms with E-state index >= 15 is 0 Å². The van der Waals surface area contributed by atoms with Gasteiger partial charge >= 0.3 is 0 Å². The topological polar surface area (TPSA) is 86.4 Å². The summed E-state index contributed by atoms with van der Waals surface area (Å²) in [6.45, 7) is 0.768. The van der Waals surface area contributed by atoms with Gasteiger partial charge in [-0.15, -0.1) is 0 Å². The lowest BCUT2D eigenvalue weighted by Gasteiger charge is -2.25. The Morgan fingerprint density at radius 1 is 1.63 bits per heavy atom. The van der Waals surface area contributed by atoms with Crippen molar-refractivity contribution < 1.29 is 13.2 Å². The second-order valence-corrected chi connectivity index (χ2v) is 6.70. The molecule has 1 aliphatic rings. The fourth-order valence-corrected chi connectivity index (χ4v) is 3.44. The van der Waals surface area contributed by atoms with Crippen LogP contribution in [0.3, 0.4) is 0 Å². The molecular weight excluding hydrogens is 268 g/mol. The molecule has 0 saturated carbocycles. The molecule has 1 unspecified atom stereocenters. The van der Waals surface area contributed by atoms with Gasteiger partial charge in [0.2, 0.25) is 15.9 Å². The summed E-state index contributed by atoms with van der Waals surface area (Å²) in [5, 5.41) is 0. The minimum atomic E-state index is -3.33. The van der Waals surface area contributed by atoms with Crippen LogP contribution in [0.2, 0.25) is 0 Å². The molecule has 0 aromatic carbocycles. The molecule has 0 radical (unpaired) electrons. The third-order valence-electron chi connectivity index (χ3n) is 3.23. The summed E-state index contributed by atoms with van der Waals surface area (Å²) < 4.78 is 24.5. The molecule has 1 aliphatic heterocycles. The molecule has 2 rings (SSSR count). The lowest BCUT2D eigenvalue weighted by molar-refractivity contribution is -0.133. The van der Waals surface area contributed by atoms with Crippen molar-refractivity contribution in [1.29, 1.82) is 0 Å². The Hall–Kier alpha value is -1.41. The Bertz CT molecular complexity index is 540. The van der Waals surface area contributed by atoms with Crippen molar-refractivity contribution in [3.05, 3.63) is 18.2 Å².